The molecule has 0 aliphatic rings. The number of benzene rings is 2. The summed E-state index contributed by atoms with van der Waals surface area (Å²) in [5, 5.41) is 3.85. The van der Waals surface area contributed by atoms with Crippen LogP contribution in [-0.2, 0) is 0 Å². The Morgan fingerprint density at radius 1 is 1.09 bits per heavy atom. The summed E-state index contributed by atoms with van der Waals surface area (Å²) in [4.78, 5) is 17.2. The van der Waals surface area contributed by atoms with Crippen molar-refractivity contribution in [3.05, 3.63) is 65.4 Å². The van der Waals surface area contributed by atoms with Crippen LogP contribution in [0.3, 0.4) is 0 Å². The van der Waals surface area contributed by atoms with Gasteiger partial charge in [-0.25, -0.2) is 0 Å². The van der Waals surface area contributed by atoms with E-state index in [0.29, 0.717) is 22.7 Å². The maximum atomic E-state index is 12.6. The third-order valence-corrected chi connectivity index (χ3v) is 3.76. The molecular weight excluding hydrogens is 288 g/mol. The van der Waals surface area contributed by atoms with Crippen molar-refractivity contribution in [1.82, 2.24) is 4.98 Å². The number of anilines is 1. The van der Waals surface area contributed by atoms with Crippen LogP contribution in [0.4, 0.5) is 5.69 Å². The summed E-state index contributed by atoms with van der Waals surface area (Å²) in [5.41, 5.74) is 3.94. The fourth-order valence-corrected chi connectivity index (χ4v) is 2.56. The number of fused-ring (bicyclic) bond motifs is 1. The maximum absolute atomic E-state index is 12.6. The first-order valence-corrected chi connectivity index (χ1v) is 7.41. The number of nitrogens with zero attached hydrogens (tertiary/aromatic N) is 1. The van der Waals surface area contributed by atoms with Gasteiger partial charge in [0.05, 0.1) is 29.6 Å². The zero-order chi connectivity index (χ0) is 16.4. The van der Waals surface area contributed by atoms with Gasteiger partial charge in [-0.2, -0.15) is 0 Å². The van der Waals surface area contributed by atoms with Gasteiger partial charge >= 0.3 is 0 Å². The standard InChI is InChI=1S/C19H18N2O2/c1-12-8-9-16-14(10-12)11-15(13(2)20-16)19(22)21-17-6-4-5-7-18(17)23-3/h4-11H,1-3H3,(H,21,22). The lowest BCUT2D eigenvalue weighted by Crippen LogP contribution is -2.14. The molecule has 2 aromatic carbocycles. The molecule has 0 unspecified atom stereocenters. The highest BCUT2D eigenvalue weighted by Gasteiger charge is 2.14. The molecule has 0 aliphatic heterocycles. The van der Waals surface area contributed by atoms with Crippen LogP contribution in [-0.4, -0.2) is 18.0 Å². The number of nitrogens with one attached hydrogen (secondary N) is 1. The normalized spacial score (nSPS) is 10.6. The molecule has 0 saturated heterocycles. The Morgan fingerprint density at radius 3 is 2.65 bits per heavy atom. The van der Waals surface area contributed by atoms with Crippen LogP contribution in [0.2, 0.25) is 0 Å². The molecule has 1 heterocycles. The SMILES string of the molecule is COc1ccccc1NC(=O)c1cc2cc(C)ccc2nc1C. The highest BCUT2D eigenvalue weighted by molar-refractivity contribution is 6.07. The highest BCUT2D eigenvalue weighted by Crippen LogP contribution is 2.25. The molecule has 0 bridgehead atoms. The molecular formula is C19H18N2O2. The van der Waals surface area contributed by atoms with Crippen molar-refractivity contribution in [1.29, 1.82) is 0 Å². The summed E-state index contributed by atoms with van der Waals surface area (Å²) in [5.74, 6) is 0.436. The van der Waals surface area contributed by atoms with Crippen molar-refractivity contribution in [3.8, 4) is 5.75 Å². The van der Waals surface area contributed by atoms with E-state index in [0.717, 1.165) is 16.5 Å². The van der Waals surface area contributed by atoms with E-state index in [9.17, 15) is 4.79 Å². The maximum Gasteiger partial charge on any atom is 0.257 e. The molecule has 1 amide bonds. The Balaban J connectivity index is 1.98. The minimum Gasteiger partial charge on any atom is -0.495 e. The first kappa shape index (κ1) is 15.0. The van der Waals surface area contributed by atoms with Crippen LogP contribution >= 0.6 is 0 Å². The average Bonchev–Trinajstić information content (AvgIpc) is 2.55. The predicted molar refractivity (Wildman–Crippen MR) is 92.2 cm³/mol. The van der Waals surface area contributed by atoms with Gasteiger partial charge in [0.1, 0.15) is 5.75 Å². The van der Waals surface area contributed by atoms with Gasteiger partial charge in [0.15, 0.2) is 0 Å². The van der Waals surface area contributed by atoms with Gasteiger partial charge in [-0.3, -0.25) is 9.78 Å². The largest absolute Gasteiger partial charge is 0.495 e. The molecule has 116 valence electrons. The Hall–Kier alpha value is -2.88. The quantitative estimate of drug-likeness (QED) is 0.792. The average molecular weight is 306 g/mol. The molecule has 3 rings (SSSR count). The van der Waals surface area contributed by atoms with Crippen molar-refractivity contribution in [2.75, 3.05) is 12.4 Å². The van der Waals surface area contributed by atoms with E-state index in [1.807, 2.05) is 62.4 Å². The van der Waals surface area contributed by atoms with E-state index in [1.54, 1.807) is 7.11 Å². The Morgan fingerprint density at radius 2 is 1.87 bits per heavy atom. The van der Waals surface area contributed by atoms with E-state index in [4.69, 9.17) is 4.74 Å². The number of carbonyl (C=O) groups is 1. The van der Waals surface area contributed by atoms with E-state index < -0.39 is 0 Å². The molecule has 3 aromatic rings. The summed E-state index contributed by atoms with van der Waals surface area (Å²) in [7, 11) is 1.58. The predicted octanol–water partition coefficient (Wildman–Crippen LogP) is 4.11. The number of methoxy groups -OCH3 is 1. The summed E-state index contributed by atoms with van der Waals surface area (Å²) < 4.78 is 5.27. The number of aromatic nitrogens is 1. The van der Waals surface area contributed by atoms with Crippen LogP contribution in [0.15, 0.2) is 48.5 Å². The van der Waals surface area contributed by atoms with Crippen molar-refractivity contribution >= 4 is 22.5 Å². The number of hydrogen-bond acceptors (Lipinski definition) is 3. The number of aryl methyl sites for hydroxylation is 2. The molecule has 4 heteroatoms. The molecule has 0 aliphatic carbocycles. The van der Waals surface area contributed by atoms with Crippen molar-refractivity contribution in [3.63, 3.8) is 0 Å². The first-order valence-electron chi connectivity index (χ1n) is 7.41. The van der Waals surface area contributed by atoms with Gasteiger partial charge in [0.25, 0.3) is 5.91 Å². The summed E-state index contributed by atoms with van der Waals surface area (Å²) in [6.45, 7) is 3.87. The van der Waals surface area contributed by atoms with Gasteiger partial charge in [0.2, 0.25) is 0 Å². The number of rotatable bonds is 3. The Kier molecular flexibility index (Phi) is 3.98. The highest BCUT2D eigenvalue weighted by atomic mass is 16.5. The first-order chi connectivity index (χ1) is 11.1. The Labute approximate surface area is 135 Å². The minimum atomic E-state index is -0.192. The molecule has 0 spiro atoms. The molecule has 0 atom stereocenters. The third kappa shape index (κ3) is 3.01. The lowest BCUT2D eigenvalue weighted by atomic mass is 10.1. The monoisotopic (exact) mass is 306 g/mol. The summed E-state index contributed by atoms with van der Waals surface area (Å²) in [6.07, 6.45) is 0. The number of hydrogen-bond donors (Lipinski definition) is 1. The van der Waals surface area contributed by atoms with Crippen molar-refractivity contribution in [2.45, 2.75) is 13.8 Å². The second kappa shape index (κ2) is 6.08. The fraction of sp³-hybridized carbons (Fsp3) is 0.158. The van der Waals surface area contributed by atoms with E-state index >= 15 is 0 Å². The van der Waals surface area contributed by atoms with Crippen LogP contribution in [0.25, 0.3) is 10.9 Å². The number of carbonyl (C=O) groups excluding carboxylic acids is 1. The zero-order valence-electron chi connectivity index (χ0n) is 13.4. The van der Waals surface area contributed by atoms with Crippen LogP contribution in [0.1, 0.15) is 21.6 Å². The smallest absolute Gasteiger partial charge is 0.257 e. The van der Waals surface area contributed by atoms with E-state index in [1.165, 1.54) is 0 Å². The molecule has 4 nitrogen and oxygen atoms in total. The molecule has 23 heavy (non-hydrogen) atoms. The second-order valence-corrected chi connectivity index (χ2v) is 5.47. The Bertz CT molecular complexity index is 888. The van der Waals surface area contributed by atoms with Crippen LogP contribution in [0.5, 0.6) is 5.75 Å². The summed E-state index contributed by atoms with van der Waals surface area (Å²) in [6, 6.07) is 15.2. The number of amides is 1. The number of ether oxygens (including phenoxy) is 1. The zero-order valence-corrected chi connectivity index (χ0v) is 13.4. The van der Waals surface area contributed by atoms with Crippen molar-refractivity contribution < 1.29 is 9.53 Å². The molecule has 1 N–H and O–H groups in total. The van der Waals surface area contributed by atoms with Gasteiger partial charge in [0, 0.05) is 5.39 Å². The van der Waals surface area contributed by atoms with E-state index in [2.05, 4.69) is 10.3 Å². The lowest BCUT2D eigenvalue weighted by molar-refractivity contribution is 0.102. The van der Waals surface area contributed by atoms with Crippen LogP contribution in [0, 0.1) is 13.8 Å². The lowest BCUT2D eigenvalue weighted by Gasteiger charge is -2.11. The molecule has 0 saturated carbocycles. The van der Waals surface area contributed by atoms with E-state index in [-0.39, 0.29) is 5.91 Å². The number of para-hydroxylation sites is 2. The van der Waals surface area contributed by atoms with Gasteiger partial charge in [-0.05, 0) is 44.2 Å². The van der Waals surface area contributed by atoms with Gasteiger partial charge in [-0.1, -0.05) is 23.8 Å². The van der Waals surface area contributed by atoms with Crippen LogP contribution < -0.4 is 10.1 Å². The third-order valence-electron chi connectivity index (χ3n) is 3.76. The second-order valence-electron chi connectivity index (χ2n) is 5.47. The molecule has 0 radical (unpaired) electrons. The summed E-state index contributed by atoms with van der Waals surface area (Å²) >= 11 is 0. The fourth-order valence-electron chi connectivity index (χ4n) is 2.56. The van der Waals surface area contributed by atoms with Crippen molar-refractivity contribution in [2.24, 2.45) is 0 Å². The topological polar surface area (TPSA) is 51.2 Å². The molecule has 1 aromatic heterocycles. The van der Waals surface area contributed by atoms with Gasteiger partial charge in [-0.15, -0.1) is 0 Å². The molecule has 0 fully saturated rings. The minimum absolute atomic E-state index is 0.192. The number of pyridine rings is 1. The van der Waals surface area contributed by atoms with Gasteiger partial charge < -0.3 is 10.1 Å².